The van der Waals surface area contributed by atoms with Crippen molar-refractivity contribution in [3.63, 3.8) is 0 Å². The van der Waals surface area contributed by atoms with Crippen LogP contribution in [-0.4, -0.2) is 42.4 Å². The van der Waals surface area contributed by atoms with E-state index in [1.807, 2.05) is 24.3 Å². The summed E-state index contributed by atoms with van der Waals surface area (Å²) in [7, 11) is -3.72. The van der Waals surface area contributed by atoms with Crippen LogP contribution >= 0.6 is 11.8 Å². The van der Waals surface area contributed by atoms with Crippen LogP contribution in [0.2, 0.25) is 0 Å². The van der Waals surface area contributed by atoms with Crippen molar-refractivity contribution in [3.8, 4) is 0 Å². The third kappa shape index (κ3) is 4.77. The molecule has 3 N–H and O–H groups in total. The predicted octanol–water partition coefficient (Wildman–Crippen LogP) is 2.76. The van der Waals surface area contributed by atoms with E-state index in [0.717, 1.165) is 17.5 Å². The molecule has 0 radical (unpaired) electrons. The highest BCUT2D eigenvalue weighted by atomic mass is 32.2. The van der Waals surface area contributed by atoms with Crippen molar-refractivity contribution >= 4 is 50.2 Å². The van der Waals surface area contributed by atoms with Gasteiger partial charge in [-0.25, -0.2) is 13.4 Å². The summed E-state index contributed by atoms with van der Waals surface area (Å²) in [5, 5.41) is 3.38. The summed E-state index contributed by atoms with van der Waals surface area (Å²) >= 11 is 1.28. The number of amides is 1. The number of hydrogen-bond donors (Lipinski definition) is 3. The summed E-state index contributed by atoms with van der Waals surface area (Å²) < 4.78 is 27.5. The van der Waals surface area contributed by atoms with Crippen LogP contribution in [0, 0.1) is 0 Å². The second-order valence-corrected chi connectivity index (χ2v) is 9.11. The molecule has 0 saturated carbocycles. The molecule has 29 heavy (non-hydrogen) atoms. The van der Waals surface area contributed by atoms with Crippen molar-refractivity contribution in [1.29, 1.82) is 0 Å². The summed E-state index contributed by atoms with van der Waals surface area (Å²) in [5.74, 6) is 0.367. The lowest BCUT2D eigenvalue weighted by molar-refractivity contribution is -0.113. The standard InChI is InChI=1S/C19H19N5O3S2/c25-18(12-28-19-22-15-7-1-2-8-16(15)23-19)21-13-5-3-6-14(11-13)29(26,27)24-17-9-4-10-20-17/h1-3,5-8,11H,4,9-10,12H2,(H,20,24)(H,21,25)(H,22,23). The Labute approximate surface area is 172 Å². The normalized spacial score (nSPS) is 14.0. The molecule has 150 valence electrons. The molecule has 2 heterocycles. The minimum atomic E-state index is -3.72. The molecule has 3 aromatic rings. The number of rotatable bonds is 6. The van der Waals surface area contributed by atoms with Gasteiger partial charge in [-0.2, -0.15) is 0 Å². The average molecular weight is 430 g/mol. The maximum absolute atomic E-state index is 12.5. The summed E-state index contributed by atoms with van der Waals surface area (Å²) in [5.41, 5.74) is 2.16. The number of para-hydroxylation sites is 2. The molecule has 2 aromatic carbocycles. The van der Waals surface area contributed by atoms with Gasteiger partial charge in [0, 0.05) is 18.7 Å². The number of anilines is 1. The first kappa shape index (κ1) is 19.5. The zero-order valence-electron chi connectivity index (χ0n) is 15.4. The lowest BCUT2D eigenvalue weighted by Gasteiger charge is -2.10. The van der Waals surface area contributed by atoms with E-state index < -0.39 is 10.0 Å². The molecule has 0 bridgehead atoms. The number of aromatic nitrogens is 2. The second-order valence-electron chi connectivity index (χ2n) is 6.46. The van der Waals surface area contributed by atoms with E-state index in [-0.39, 0.29) is 16.6 Å². The van der Waals surface area contributed by atoms with Gasteiger partial charge in [0.2, 0.25) is 5.91 Å². The number of imidazole rings is 1. The first-order chi connectivity index (χ1) is 14.0. The Balaban J connectivity index is 1.38. The highest BCUT2D eigenvalue weighted by molar-refractivity contribution is 7.99. The number of carbonyl (C=O) groups is 1. The number of fused-ring (bicyclic) bond motifs is 1. The summed E-state index contributed by atoms with van der Waals surface area (Å²) in [6.45, 7) is 0.636. The number of H-pyrrole nitrogens is 1. The summed E-state index contributed by atoms with van der Waals surface area (Å²) in [6.07, 6.45) is 1.46. The zero-order valence-corrected chi connectivity index (χ0v) is 17.0. The van der Waals surface area contributed by atoms with Crippen LogP contribution in [0.1, 0.15) is 12.8 Å². The van der Waals surface area contributed by atoms with Crippen LogP contribution in [0.15, 0.2) is 63.6 Å². The monoisotopic (exact) mass is 429 g/mol. The fourth-order valence-corrected chi connectivity index (χ4v) is 4.73. The quantitative estimate of drug-likeness (QED) is 0.521. The van der Waals surface area contributed by atoms with Crippen LogP contribution in [0.5, 0.6) is 0 Å². The van der Waals surface area contributed by atoms with Crippen molar-refractivity contribution in [2.45, 2.75) is 22.9 Å². The highest BCUT2D eigenvalue weighted by Crippen LogP contribution is 2.20. The van der Waals surface area contributed by atoms with Crippen LogP contribution < -0.4 is 10.0 Å². The minimum Gasteiger partial charge on any atom is -0.333 e. The van der Waals surface area contributed by atoms with Gasteiger partial charge in [0.15, 0.2) is 5.16 Å². The Kier molecular flexibility index (Phi) is 5.54. The lowest BCUT2D eigenvalue weighted by atomic mass is 10.3. The van der Waals surface area contributed by atoms with Gasteiger partial charge in [0.1, 0.15) is 5.84 Å². The lowest BCUT2D eigenvalue weighted by Crippen LogP contribution is -2.29. The zero-order chi connectivity index (χ0) is 20.3. The molecule has 0 saturated heterocycles. The van der Waals surface area contributed by atoms with E-state index in [0.29, 0.717) is 29.6 Å². The van der Waals surface area contributed by atoms with Crippen molar-refractivity contribution in [3.05, 3.63) is 48.5 Å². The Morgan fingerprint density at radius 2 is 2.03 bits per heavy atom. The van der Waals surface area contributed by atoms with E-state index in [1.165, 1.54) is 23.9 Å². The number of aromatic amines is 1. The topological polar surface area (TPSA) is 116 Å². The highest BCUT2D eigenvalue weighted by Gasteiger charge is 2.19. The van der Waals surface area contributed by atoms with Crippen LogP contribution in [0.3, 0.4) is 0 Å². The van der Waals surface area contributed by atoms with Crippen molar-refractivity contribution < 1.29 is 13.2 Å². The Bertz CT molecular complexity index is 1150. The Hall–Kier alpha value is -2.85. The van der Waals surface area contributed by atoms with E-state index in [4.69, 9.17) is 0 Å². The Morgan fingerprint density at radius 1 is 1.17 bits per heavy atom. The molecule has 0 fully saturated rings. The van der Waals surface area contributed by atoms with Crippen molar-refractivity contribution in [2.24, 2.45) is 4.99 Å². The number of hydrogen-bond acceptors (Lipinski definition) is 6. The maximum atomic E-state index is 12.5. The first-order valence-corrected chi connectivity index (χ1v) is 11.5. The number of thioether (sulfide) groups is 1. The molecule has 4 rings (SSSR count). The molecule has 1 aliphatic rings. The number of nitrogens with zero attached hydrogens (tertiary/aromatic N) is 2. The van der Waals surface area contributed by atoms with Crippen LogP contribution in [-0.2, 0) is 14.8 Å². The van der Waals surface area contributed by atoms with Gasteiger partial charge < -0.3 is 10.3 Å². The Morgan fingerprint density at radius 3 is 2.83 bits per heavy atom. The van der Waals surface area contributed by atoms with Gasteiger partial charge >= 0.3 is 0 Å². The van der Waals surface area contributed by atoms with Gasteiger partial charge in [0.05, 0.1) is 21.7 Å². The number of aliphatic imine (C=N–C) groups is 1. The molecule has 1 aliphatic heterocycles. The van der Waals surface area contributed by atoms with E-state index in [9.17, 15) is 13.2 Å². The maximum Gasteiger partial charge on any atom is 0.262 e. The molecule has 0 atom stereocenters. The molecule has 0 aliphatic carbocycles. The predicted molar refractivity (Wildman–Crippen MR) is 114 cm³/mol. The largest absolute Gasteiger partial charge is 0.333 e. The molecule has 1 aromatic heterocycles. The minimum absolute atomic E-state index is 0.0786. The number of carbonyl (C=O) groups excluding carboxylic acids is 1. The van der Waals surface area contributed by atoms with E-state index >= 15 is 0 Å². The molecule has 8 nitrogen and oxygen atoms in total. The fraction of sp³-hybridized carbons (Fsp3) is 0.211. The number of amidine groups is 1. The molecule has 10 heteroatoms. The van der Waals surface area contributed by atoms with Gasteiger partial charge in [-0.05, 0) is 36.8 Å². The molecular weight excluding hydrogens is 410 g/mol. The molecule has 0 spiro atoms. The van der Waals surface area contributed by atoms with Gasteiger partial charge in [-0.3, -0.25) is 14.5 Å². The van der Waals surface area contributed by atoms with Crippen LogP contribution in [0.25, 0.3) is 11.0 Å². The summed E-state index contributed by atoms with van der Waals surface area (Å²) in [6, 6.07) is 13.8. The SMILES string of the molecule is O=C(CSc1nc2ccccc2[nH]1)Nc1cccc(S(=O)(=O)NC2=NCCC2)c1. The molecule has 0 unspecified atom stereocenters. The second kappa shape index (κ2) is 8.26. The average Bonchev–Trinajstić information content (AvgIpc) is 3.35. The third-order valence-corrected chi connectivity index (χ3v) is 6.51. The van der Waals surface area contributed by atoms with Gasteiger partial charge in [-0.1, -0.05) is 30.0 Å². The summed E-state index contributed by atoms with van der Waals surface area (Å²) in [4.78, 5) is 24.1. The van der Waals surface area contributed by atoms with Gasteiger partial charge in [0.25, 0.3) is 10.0 Å². The van der Waals surface area contributed by atoms with Crippen LogP contribution in [0.4, 0.5) is 5.69 Å². The number of sulfonamides is 1. The molecular formula is C19H19N5O3S2. The van der Waals surface area contributed by atoms with Crippen molar-refractivity contribution in [2.75, 3.05) is 17.6 Å². The van der Waals surface area contributed by atoms with E-state index in [1.54, 1.807) is 12.1 Å². The smallest absolute Gasteiger partial charge is 0.262 e. The van der Waals surface area contributed by atoms with Crippen molar-refractivity contribution in [1.82, 2.24) is 14.7 Å². The number of benzene rings is 2. The first-order valence-electron chi connectivity index (χ1n) is 9.03. The fourth-order valence-electron chi connectivity index (χ4n) is 2.91. The third-order valence-electron chi connectivity index (χ3n) is 4.26. The molecule has 1 amide bonds. The number of nitrogens with one attached hydrogen (secondary N) is 3. The van der Waals surface area contributed by atoms with Gasteiger partial charge in [-0.15, -0.1) is 0 Å². The van der Waals surface area contributed by atoms with E-state index in [2.05, 4.69) is 25.0 Å².